The summed E-state index contributed by atoms with van der Waals surface area (Å²) in [6, 6.07) is 10.1. The molecule has 0 bridgehead atoms. The first kappa shape index (κ1) is 14.5. The Kier molecular flexibility index (Phi) is 7.94. The molecule has 3 nitrogen and oxygen atoms in total. The minimum absolute atomic E-state index is 0.296. The number of rotatable bonds is 4. The highest BCUT2D eigenvalue weighted by Gasteiger charge is 2.05. The van der Waals surface area contributed by atoms with Gasteiger partial charge in [0, 0.05) is 0 Å². The smallest absolute Gasteiger partial charge is 0.404 e. The normalized spacial score (nSPS) is 10.9. The SMILES string of the molecule is CC.CC(COC(N)=O)Cc1ccccc1. The maximum Gasteiger partial charge on any atom is 0.404 e. The Labute approximate surface area is 97.6 Å². The van der Waals surface area contributed by atoms with E-state index in [0.29, 0.717) is 12.5 Å². The fraction of sp³-hybridized carbons (Fsp3) is 0.462. The van der Waals surface area contributed by atoms with Crippen molar-refractivity contribution in [3.8, 4) is 0 Å². The molecule has 2 N–H and O–H groups in total. The molecular weight excluding hydrogens is 202 g/mol. The lowest BCUT2D eigenvalue weighted by Crippen LogP contribution is -2.18. The van der Waals surface area contributed by atoms with E-state index >= 15 is 0 Å². The molecule has 0 aliphatic rings. The predicted molar refractivity (Wildman–Crippen MR) is 66.2 cm³/mol. The molecule has 0 heterocycles. The number of hydrogen-bond acceptors (Lipinski definition) is 2. The Hall–Kier alpha value is -1.51. The monoisotopic (exact) mass is 223 g/mol. The Balaban J connectivity index is 0.00000106. The van der Waals surface area contributed by atoms with Crippen LogP contribution in [0, 0.1) is 5.92 Å². The molecule has 0 fully saturated rings. The summed E-state index contributed by atoms with van der Waals surface area (Å²) >= 11 is 0. The van der Waals surface area contributed by atoms with E-state index in [4.69, 9.17) is 10.5 Å². The average Bonchev–Trinajstić information content (AvgIpc) is 2.30. The quantitative estimate of drug-likeness (QED) is 0.853. The van der Waals surface area contributed by atoms with Gasteiger partial charge in [0.2, 0.25) is 0 Å². The molecule has 1 rings (SSSR count). The van der Waals surface area contributed by atoms with Crippen molar-refractivity contribution in [3.63, 3.8) is 0 Å². The van der Waals surface area contributed by atoms with E-state index < -0.39 is 6.09 Å². The van der Waals surface area contributed by atoms with Gasteiger partial charge in [0.25, 0.3) is 0 Å². The summed E-state index contributed by atoms with van der Waals surface area (Å²) in [6.45, 7) is 6.40. The molecule has 0 aliphatic carbocycles. The number of primary amides is 1. The molecule has 0 aromatic heterocycles. The first-order valence-electron chi connectivity index (χ1n) is 5.64. The number of carbonyl (C=O) groups is 1. The molecule has 0 spiro atoms. The van der Waals surface area contributed by atoms with Crippen LogP contribution in [0.3, 0.4) is 0 Å². The predicted octanol–water partition coefficient (Wildman–Crippen LogP) is 2.99. The molecule has 90 valence electrons. The zero-order valence-electron chi connectivity index (χ0n) is 10.3. The number of hydrogen-bond donors (Lipinski definition) is 1. The Bertz CT molecular complexity index is 285. The lowest BCUT2D eigenvalue weighted by Gasteiger charge is -2.10. The van der Waals surface area contributed by atoms with E-state index in [1.54, 1.807) is 0 Å². The average molecular weight is 223 g/mol. The highest BCUT2D eigenvalue weighted by molar-refractivity contribution is 5.64. The third kappa shape index (κ3) is 6.87. The fourth-order valence-electron chi connectivity index (χ4n) is 1.30. The summed E-state index contributed by atoms with van der Waals surface area (Å²) in [5.74, 6) is 0.296. The van der Waals surface area contributed by atoms with Gasteiger partial charge in [0.05, 0.1) is 6.61 Å². The molecule has 0 aliphatic heterocycles. The van der Waals surface area contributed by atoms with Gasteiger partial charge in [-0.25, -0.2) is 4.79 Å². The number of carbonyl (C=O) groups excluding carboxylic acids is 1. The van der Waals surface area contributed by atoms with Gasteiger partial charge in [-0.2, -0.15) is 0 Å². The molecule has 16 heavy (non-hydrogen) atoms. The van der Waals surface area contributed by atoms with Crippen LogP contribution in [0.15, 0.2) is 30.3 Å². The second kappa shape index (κ2) is 8.77. The van der Waals surface area contributed by atoms with Crippen LogP contribution in [0.2, 0.25) is 0 Å². The third-order valence-corrected chi connectivity index (χ3v) is 1.94. The van der Waals surface area contributed by atoms with Crippen LogP contribution in [0.1, 0.15) is 26.3 Å². The van der Waals surface area contributed by atoms with Crippen molar-refractivity contribution in [2.24, 2.45) is 11.7 Å². The van der Waals surface area contributed by atoms with E-state index in [2.05, 4.69) is 12.1 Å². The van der Waals surface area contributed by atoms with Crippen molar-refractivity contribution in [3.05, 3.63) is 35.9 Å². The molecule has 1 aromatic carbocycles. The van der Waals surface area contributed by atoms with Crippen LogP contribution in [0.4, 0.5) is 4.79 Å². The van der Waals surface area contributed by atoms with Gasteiger partial charge in [0.15, 0.2) is 0 Å². The molecule has 3 heteroatoms. The zero-order valence-corrected chi connectivity index (χ0v) is 10.3. The van der Waals surface area contributed by atoms with Crippen molar-refractivity contribution < 1.29 is 9.53 Å². The van der Waals surface area contributed by atoms with Crippen molar-refractivity contribution in [1.29, 1.82) is 0 Å². The van der Waals surface area contributed by atoms with Crippen molar-refractivity contribution >= 4 is 6.09 Å². The highest BCUT2D eigenvalue weighted by atomic mass is 16.5. The van der Waals surface area contributed by atoms with E-state index in [-0.39, 0.29) is 0 Å². The van der Waals surface area contributed by atoms with Crippen molar-refractivity contribution in [2.45, 2.75) is 27.2 Å². The summed E-state index contributed by atoms with van der Waals surface area (Å²) in [5.41, 5.74) is 6.12. The molecule has 0 radical (unpaired) electrons. The molecule has 1 atom stereocenters. The van der Waals surface area contributed by atoms with Gasteiger partial charge in [-0.1, -0.05) is 51.1 Å². The first-order valence-corrected chi connectivity index (χ1v) is 5.64. The maximum absolute atomic E-state index is 10.4. The van der Waals surface area contributed by atoms with E-state index in [1.165, 1.54) is 5.56 Å². The molecule has 1 aromatic rings. The van der Waals surface area contributed by atoms with Crippen LogP contribution in [0.5, 0.6) is 0 Å². The Morgan fingerprint density at radius 2 is 1.88 bits per heavy atom. The van der Waals surface area contributed by atoms with E-state index in [1.807, 2.05) is 39.0 Å². The van der Waals surface area contributed by atoms with Gasteiger partial charge < -0.3 is 10.5 Å². The van der Waals surface area contributed by atoms with Gasteiger partial charge >= 0.3 is 6.09 Å². The van der Waals surface area contributed by atoms with Crippen molar-refractivity contribution in [1.82, 2.24) is 0 Å². The summed E-state index contributed by atoms with van der Waals surface area (Å²) in [7, 11) is 0. The number of nitrogens with two attached hydrogens (primary N) is 1. The largest absolute Gasteiger partial charge is 0.449 e. The lowest BCUT2D eigenvalue weighted by molar-refractivity contribution is 0.139. The van der Waals surface area contributed by atoms with Gasteiger partial charge in [-0.3, -0.25) is 0 Å². The minimum Gasteiger partial charge on any atom is -0.449 e. The van der Waals surface area contributed by atoms with Crippen LogP contribution in [0.25, 0.3) is 0 Å². The standard InChI is InChI=1S/C11H15NO2.C2H6/c1-9(8-14-11(12)13)7-10-5-3-2-4-6-10;1-2/h2-6,9H,7-8H2,1H3,(H2,12,13);1-2H3. The number of ether oxygens (including phenoxy) is 1. The van der Waals surface area contributed by atoms with Crippen LogP contribution < -0.4 is 5.73 Å². The molecule has 0 saturated heterocycles. The van der Waals surface area contributed by atoms with Gasteiger partial charge in [-0.15, -0.1) is 0 Å². The van der Waals surface area contributed by atoms with Crippen molar-refractivity contribution in [2.75, 3.05) is 6.61 Å². The topological polar surface area (TPSA) is 52.3 Å². The number of amides is 1. The maximum atomic E-state index is 10.4. The van der Waals surface area contributed by atoms with Gasteiger partial charge in [0.1, 0.15) is 0 Å². The Morgan fingerprint density at radius 3 is 2.38 bits per heavy atom. The molecule has 0 saturated carbocycles. The second-order valence-corrected chi connectivity index (χ2v) is 3.42. The Morgan fingerprint density at radius 1 is 1.31 bits per heavy atom. The lowest BCUT2D eigenvalue weighted by atomic mass is 10.0. The minimum atomic E-state index is -0.704. The summed E-state index contributed by atoms with van der Waals surface area (Å²) in [4.78, 5) is 10.4. The molecule has 1 unspecified atom stereocenters. The van der Waals surface area contributed by atoms with Crippen LogP contribution >= 0.6 is 0 Å². The highest BCUT2D eigenvalue weighted by Crippen LogP contribution is 2.08. The van der Waals surface area contributed by atoms with Gasteiger partial charge in [-0.05, 0) is 17.9 Å². The zero-order chi connectivity index (χ0) is 12.4. The molecule has 1 amide bonds. The summed E-state index contributed by atoms with van der Waals surface area (Å²) < 4.78 is 4.71. The van der Waals surface area contributed by atoms with E-state index in [0.717, 1.165) is 6.42 Å². The molecular formula is C13H21NO2. The first-order chi connectivity index (χ1) is 7.68. The third-order valence-electron chi connectivity index (χ3n) is 1.94. The van der Waals surface area contributed by atoms with E-state index in [9.17, 15) is 4.79 Å². The summed E-state index contributed by atoms with van der Waals surface area (Å²) in [6.07, 6.45) is 0.193. The van der Waals surface area contributed by atoms with Crippen LogP contribution in [-0.2, 0) is 11.2 Å². The fourth-order valence-corrected chi connectivity index (χ4v) is 1.30. The number of benzene rings is 1. The summed E-state index contributed by atoms with van der Waals surface area (Å²) in [5, 5.41) is 0. The second-order valence-electron chi connectivity index (χ2n) is 3.42. The van der Waals surface area contributed by atoms with Crippen LogP contribution in [-0.4, -0.2) is 12.7 Å².